The minimum Gasteiger partial charge on any atom is -0.508 e. The molecule has 0 bridgehead atoms. The molecule has 0 unspecified atom stereocenters. The quantitative estimate of drug-likeness (QED) is 0.546. The lowest BCUT2D eigenvalue weighted by molar-refractivity contribution is 0.0721. The lowest BCUT2D eigenvalue weighted by Gasteiger charge is -2.36. The molecule has 5 rings (SSSR count). The predicted molar refractivity (Wildman–Crippen MR) is 109 cm³/mol. The van der Waals surface area contributed by atoms with Crippen LogP contribution in [0.25, 0.3) is 10.8 Å². The van der Waals surface area contributed by atoms with E-state index in [-0.39, 0.29) is 11.5 Å². The number of hydrogen-bond acceptors (Lipinski definition) is 3. The van der Waals surface area contributed by atoms with E-state index in [1.165, 1.54) is 0 Å². The first-order valence-electron chi connectivity index (χ1n) is 9.24. The van der Waals surface area contributed by atoms with Crippen molar-refractivity contribution in [2.75, 3.05) is 0 Å². The third-order valence-corrected chi connectivity index (χ3v) is 5.58. The first kappa shape index (κ1) is 16.7. The molecule has 136 valence electrons. The minimum absolute atomic E-state index is 0.0511. The average Bonchev–Trinajstić information content (AvgIpc) is 2.72. The fourth-order valence-corrected chi connectivity index (χ4v) is 4.25. The predicted octanol–water partition coefficient (Wildman–Crippen LogP) is 4.57. The number of carbonyl (C=O) groups excluding carboxylic acids is 1. The van der Waals surface area contributed by atoms with Crippen molar-refractivity contribution in [3.05, 3.63) is 113 Å². The molecule has 0 saturated carbocycles. The van der Waals surface area contributed by atoms with Gasteiger partial charge in [0.15, 0.2) is 5.78 Å². The highest BCUT2D eigenvalue weighted by Gasteiger charge is 2.41. The van der Waals surface area contributed by atoms with Crippen LogP contribution >= 0.6 is 0 Å². The van der Waals surface area contributed by atoms with Crippen LogP contribution in [0.3, 0.4) is 0 Å². The summed E-state index contributed by atoms with van der Waals surface area (Å²) in [6.07, 6.45) is 0.352. The van der Waals surface area contributed by atoms with E-state index in [1.807, 2.05) is 60.7 Å². The molecule has 1 aliphatic rings. The van der Waals surface area contributed by atoms with Gasteiger partial charge >= 0.3 is 0 Å². The zero-order valence-corrected chi connectivity index (χ0v) is 15.1. The molecule has 4 aromatic rings. The lowest BCUT2D eigenvalue weighted by Crippen LogP contribution is -2.37. The second kappa shape index (κ2) is 6.04. The van der Waals surface area contributed by atoms with Crippen LogP contribution in [0.15, 0.2) is 84.9 Å². The van der Waals surface area contributed by atoms with Crippen LogP contribution in [-0.2, 0) is 12.0 Å². The molecule has 0 spiro atoms. The Morgan fingerprint density at radius 2 is 1.29 bits per heavy atom. The van der Waals surface area contributed by atoms with Gasteiger partial charge in [-0.3, -0.25) is 4.79 Å². The Balaban J connectivity index is 1.68. The van der Waals surface area contributed by atoms with Crippen LogP contribution in [0.1, 0.15) is 32.6 Å². The minimum atomic E-state index is -1.29. The summed E-state index contributed by atoms with van der Waals surface area (Å²) in [5.41, 5.74) is 2.06. The largest absolute Gasteiger partial charge is 0.508 e. The van der Waals surface area contributed by atoms with E-state index in [0.717, 1.165) is 16.3 Å². The summed E-state index contributed by atoms with van der Waals surface area (Å²) in [4.78, 5) is 12.9. The Labute approximate surface area is 162 Å². The van der Waals surface area contributed by atoms with Gasteiger partial charge in [0.1, 0.15) is 11.4 Å². The third kappa shape index (κ3) is 2.44. The van der Waals surface area contributed by atoms with Crippen molar-refractivity contribution in [2.24, 2.45) is 0 Å². The summed E-state index contributed by atoms with van der Waals surface area (Å²) in [5.74, 6) is 0.178. The number of phenolic OH excluding ortho intramolecular Hbond substituents is 1. The van der Waals surface area contributed by atoms with Crippen LogP contribution in [0.2, 0.25) is 0 Å². The van der Waals surface area contributed by atoms with Crippen LogP contribution < -0.4 is 0 Å². The average molecular weight is 366 g/mol. The van der Waals surface area contributed by atoms with Gasteiger partial charge in [-0.05, 0) is 39.6 Å². The number of phenols is 1. The third-order valence-electron chi connectivity index (χ3n) is 5.58. The number of fused-ring (bicyclic) bond motifs is 3. The smallest absolute Gasteiger partial charge is 0.193 e. The SMILES string of the molecule is O=C1c2ccccc2C(O)(Cc2ccc3cc(O)ccc3c2)c2ccccc21. The van der Waals surface area contributed by atoms with Gasteiger partial charge in [-0.1, -0.05) is 72.8 Å². The van der Waals surface area contributed by atoms with Crippen molar-refractivity contribution in [2.45, 2.75) is 12.0 Å². The Kier molecular flexibility index (Phi) is 3.61. The van der Waals surface area contributed by atoms with E-state index in [0.29, 0.717) is 28.7 Å². The van der Waals surface area contributed by atoms with E-state index >= 15 is 0 Å². The van der Waals surface area contributed by atoms with Crippen LogP contribution in [0.5, 0.6) is 5.75 Å². The number of carbonyl (C=O) groups is 1. The normalized spacial score (nSPS) is 14.5. The Morgan fingerprint density at radius 1 is 0.714 bits per heavy atom. The molecule has 28 heavy (non-hydrogen) atoms. The van der Waals surface area contributed by atoms with Gasteiger partial charge in [0.2, 0.25) is 0 Å². The molecular formula is C25H18O3. The highest BCUT2D eigenvalue weighted by atomic mass is 16.3. The van der Waals surface area contributed by atoms with Crippen molar-refractivity contribution in [1.29, 1.82) is 0 Å². The molecule has 0 atom stereocenters. The summed E-state index contributed by atoms with van der Waals surface area (Å²) in [5, 5.41) is 23.5. The topological polar surface area (TPSA) is 57.5 Å². The molecule has 3 nitrogen and oxygen atoms in total. The molecule has 0 radical (unpaired) electrons. The van der Waals surface area contributed by atoms with Gasteiger partial charge in [-0.25, -0.2) is 0 Å². The maximum atomic E-state index is 12.9. The van der Waals surface area contributed by atoms with Crippen LogP contribution in [0.4, 0.5) is 0 Å². The van der Waals surface area contributed by atoms with Gasteiger partial charge in [-0.15, -0.1) is 0 Å². The number of ketones is 1. The van der Waals surface area contributed by atoms with Crippen molar-refractivity contribution in [1.82, 2.24) is 0 Å². The first-order chi connectivity index (χ1) is 13.6. The standard InChI is InChI=1S/C25H18O3/c26-19-12-11-17-13-16(9-10-18(17)14-19)15-25(28)22-7-3-1-5-20(22)24(27)21-6-2-4-8-23(21)25/h1-14,26,28H,15H2. The van der Waals surface area contributed by atoms with Crippen molar-refractivity contribution in [3.63, 3.8) is 0 Å². The molecule has 4 aromatic carbocycles. The molecule has 3 heteroatoms. The van der Waals surface area contributed by atoms with Crippen LogP contribution in [-0.4, -0.2) is 16.0 Å². The van der Waals surface area contributed by atoms with Crippen molar-refractivity contribution in [3.8, 4) is 5.75 Å². The zero-order valence-electron chi connectivity index (χ0n) is 15.1. The van der Waals surface area contributed by atoms with E-state index in [2.05, 4.69) is 0 Å². The van der Waals surface area contributed by atoms with Crippen molar-refractivity contribution < 1.29 is 15.0 Å². The molecule has 0 fully saturated rings. The lowest BCUT2D eigenvalue weighted by atomic mass is 9.71. The number of hydrogen-bond donors (Lipinski definition) is 2. The molecule has 2 N–H and O–H groups in total. The second-order valence-electron chi connectivity index (χ2n) is 7.32. The number of aliphatic hydroxyl groups is 1. The molecule has 0 saturated heterocycles. The summed E-state index contributed by atoms with van der Waals surface area (Å²) in [6.45, 7) is 0. The Hall–Kier alpha value is -3.43. The summed E-state index contributed by atoms with van der Waals surface area (Å²) < 4.78 is 0. The molecule has 1 aliphatic carbocycles. The zero-order chi connectivity index (χ0) is 19.3. The van der Waals surface area contributed by atoms with E-state index in [4.69, 9.17) is 0 Å². The van der Waals surface area contributed by atoms with Gasteiger partial charge in [0, 0.05) is 17.5 Å². The Morgan fingerprint density at radius 3 is 1.96 bits per heavy atom. The fraction of sp³-hybridized carbons (Fsp3) is 0.0800. The molecular weight excluding hydrogens is 348 g/mol. The summed E-state index contributed by atoms with van der Waals surface area (Å²) >= 11 is 0. The number of benzene rings is 4. The number of aromatic hydroxyl groups is 1. The number of rotatable bonds is 2. The van der Waals surface area contributed by atoms with Gasteiger partial charge in [0.05, 0.1) is 0 Å². The summed E-state index contributed by atoms with van der Waals surface area (Å²) in [6, 6.07) is 25.8. The van der Waals surface area contributed by atoms with Gasteiger partial charge in [0.25, 0.3) is 0 Å². The Bertz CT molecular complexity index is 1190. The molecule has 0 aliphatic heterocycles. The van der Waals surface area contributed by atoms with E-state index in [1.54, 1.807) is 24.3 Å². The maximum absolute atomic E-state index is 12.9. The second-order valence-corrected chi connectivity index (χ2v) is 7.32. The van der Waals surface area contributed by atoms with Crippen molar-refractivity contribution >= 4 is 16.6 Å². The molecule has 0 heterocycles. The van der Waals surface area contributed by atoms with Gasteiger partial charge in [-0.2, -0.15) is 0 Å². The van der Waals surface area contributed by atoms with E-state index < -0.39 is 5.60 Å². The maximum Gasteiger partial charge on any atom is 0.193 e. The summed E-state index contributed by atoms with van der Waals surface area (Å²) in [7, 11) is 0. The fourth-order valence-electron chi connectivity index (χ4n) is 4.25. The van der Waals surface area contributed by atoms with Gasteiger partial charge < -0.3 is 10.2 Å². The molecule has 0 amide bonds. The monoisotopic (exact) mass is 366 g/mol. The first-order valence-corrected chi connectivity index (χ1v) is 9.24. The van der Waals surface area contributed by atoms with Crippen LogP contribution in [0, 0.1) is 0 Å². The van der Waals surface area contributed by atoms with E-state index in [9.17, 15) is 15.0 Å². The highest BCUT2D eigenvalue weighted by Crippen LogP contribution is 2.42. The highest BCUT2D eigenvalue weighted by molar-refractivity contribution is 6.13. The molecule has 0 aromatic heterocycles.